The highest BCUT2D eigenvalue weighted by Gasteiger charge is 2.27. The summed E-state index contributed by atoms with van der Waals surface area (Å²) in [6.45, 7) is 5.11. The van der Waals surface area contributed by atoms with Gasteiger partial charge in [0.05, 0.1) is 44.2 Å². The van der Waals surface area contributed by atoms with E-state index >= 15 is 0 Å². The highest BCUT2D eigenvalue weighted by Crippen LogP contribution is 2.34. The third-order valence-corrected chi connectivity index (χ3v) is 5.30. The number of carbonyl (C=O) groups excluding carboxylic acids is 1. The van der Waals surface area contributed by atoms with Crippen molar-refractivity contribution in [2.45, 2.75) is 12.8 Å². The summed E-state index contributed by atoms with van der Waals surface area (Å²) in [5.41, 5.74) is 3.41. The predicted octanol–water partition coefficient (Wildman–Crippen LogP) is 3.06. The molecule has 0 aliphatic carbocycles. The van der Waals surface area contributed by atoms with Crippen LogP contribution >= 0.6 is 0 Å². The Labute approximate surface area is 176 Å². The normalized spacial score (nSPS) is 19.2. The van der Waals surface area contributed by atoms with Gasteiger partial charge >= 0.3 is 0 Å². The van der Waals surface area contributed by atoms with Crippen LogP contribution in [0.2, 0.25) is 0 Å². The molecule has 2 aliphatic heterocycles. The van der Waals surface area contributed by atoms with E-state index in [1.807, 2.05) is 55.5 Å². The van der Waals surface area contributed by atoms with E-state index in [0.29, 0.717) is 25.6 Å². The number of carbonyl (C=O) groups is 1. The van der Waals surface area contributed by atoms with Gasteiger partial charge < -0.3 is 14.8 Å². The van der Waals surface area contributed by atoms with Gasteiger partial charge in [-0.15, -0.1) is 0 Å². The lowest BCUT2D eigenvalue weighted by atomic mass is 9.93. The molecule has 4 rings (SSSR count). The van der Waals surface area contributed by atoms with Gasteiger partial charge in [-0.2, -0.15) is 0 Å². The summed E-state index contributed by atoms with van der Waals surface area (Å²) in [5, 5.41) is 3.07. The molecular weight excluding hydrogens is 380 g/mol. The molecule has 0 unspecified atom stereocenters. The predicted molar refractivity (Wildman–Crippen MR) is 117 cm³/mol. The smallest absolute Gasteiger partial charge is 0.239 e. The van der Waals surface area contributed by atoms with E-state index in [-0.39, 0.29) is 11.8 Å². The van der Waals surface area contributed by atoms with Crippen molar-refractivity contribution in [1.29, 1.82) is 0 Å². The number of amidine groups is 1. The highest BCUT2D eigenvalue weighted by molar-refractivity contribution is 6.17. The minimum Gasteiger partial charge on any atom is -0.497 e. The average molecular weight is 406 g/mol. The van der Waals surface area contributed by atoms with Gasteiger partial charge in [-0.3, -0.25) is 14.7 Å². The molecule has 30 heavy (non-hydrogen) atoms. The Morgan fingerprint density at radius 1 is 1.10 bits per heavy atom. The maximum absolute atomic E-state index is 12.9. The van der Waals surface area contributed by atoms with Gasteiger partial charge in [0.15, 0.2) is 0 Å². The minimum absolute atomic E-state index is 0.0821. The Morgan fingerprint density at radius 2 is 1.77 bits per heavy atom. The van der Waals surface area contributed by atoms with Crippen LogP contribution in [0.5, 0.6) is 5.75 Å². The van der Waals surface area contributed by atoms with Crippen molar-refractivity contribution in [1.82, 2.24) is 10.2 Å². The Kier molecular flexibility index (Phi) is 6.21. The Hall–Kier alpha value is -3.03. The van der Waals surface area contributed by atoms with Gasteiger partial charge in [-0.1, -0.05) is 24.3 Å². The van der Waals surface area contributed by atoms with Crippen LogP contribution in [0.15, 0.2) is 58.5 Å². The van der Waals surface area contributed by atoms with Crippen LogP contribution in [0.25, 0.3) is 0 Å². The highest BCUT2D eigenvalue weighted by atomic mass is 16.5. The molecule has 7 heteroatoms. The number of nitrogens with zero attached hydrogens (tertiary/aromatic N) is 3. The van der Waals surface area contributed by atoms with Crippen molar-refractivity contribution in [3.05, 3.63) is 54.1 Å². The van der Waals surface area contributed by atoms with Gasteiger partial charge in [-0.25, -0.2) is 4.99 Å². The summed E-state index contributed by atoms with van der Waals surface area (Å²) in [6.07, 6.45) is 0. The number of rotatable bonds is 4. The molecule has 0 aromatic heterocycles. The molecule has 0 radical (unpaired) electrons. The summed E-state index contributed by atoms with van der Waals surface area (Å²) in [4.78, 5) is 24.6. The fraction of sp³-hybridized carbons (Fsp3) is 0.348. The number of methoxy groups -OCH3 is 1. The van der Waals surface area contributed by atoms with Gasteiger partial charge in [0.2, 0.25) is 5.91 Å². The van der Waals surface area contributed by atoms with Crippen molar-refractivity contribution in [2.75, 3.05) is 40.0 Å². The van der Waals surface area contributed by atoms with E-state index in [0.717, 1.165) is 41.5 Å². The van der Waals surface area contributed by atoms with Crippen LogP contribution in [0.1, 0.15) is 18.4 Å². The molecular formula is C23H26N4O3. The fourth-order valence-corrected chi connectivity index (χ4v) is 3.74. The van der Waals surface area contributed by atoms with Gasteiger partial charge in [-0.05, 0) is 36.8 Å². The lowest BCUT2D eigenvalue weighted by Gasteiger charge is -2.26. The van der Waals surface area contributed by atoms with Crippen LogP contribution in [0.3, 0.4) is 0 Å². The molecule has 0 spiro atoms. The van der Waals surface area contributed by atoms with E-state index in [4.69, 9.17) is 19.5 Å². The maximum atomic E-state index is 12.9. The second-order valence-electron chi connectivity index (χ2n) is 7.38. The summed E-state index contributed by atoms with van der Waals surface area (Å²) < 4.78 is 10.7. The Balaban J connectivity index is 1.65. The number of para-hydroxylation sites is 2. The number of morpholine rings is 1. The zero-order valence-corrected chi connectivity index (χ0v) is 17.3. The average Bonchev–Trinajstić information content (AvgIpc) is 2.89. The quantitative estimate of drug-likeness (QED) is 0.847. The third kappa shape index (κ3) is 4.58. The second-order valence-corrected chi connectivity index (χ2v) is 7.38. The van der Waals surface area contributed by atoms with E-state index in [2.05, 4.69) is 10.2 Å². The molecule has 2 aliphatic rings. The first-order chi connectivity index (χ1) is 14.6. The zero-order valence-electron chi connectivity index (χ0n) is 17.3. The lowest BCUT2D eigenvalue weighted by molar-refractivity contribution is -0.121. The van der Waals surface area contributed by atoms with E-state index in [9.17, 15) is 4.79 Å². The maximum Gasteiger partial charge on any atom is 0.239 e. The van der Waals surface area contributed by atoms with Crippen molar-refractivity contribution < 1.29 is 14.3 Å². The van der Waals surface area contributed by atoms with Crippen LogP contribution in [-0.4, -0.2) is 62.3 Å². The molecule has 2 aromatic carbocycles. The van der Waals surface area contributed by atoms with Crippen LogP contribution in [0.4, 0.5) is 11.4 Å². The first kappa shape index (κ1) is 20.3. The Bertz CT molecular complexity index is 963. The van der Waals surface area contributed by atoms with Crippen molar-refractivity contribution in [3.63, 3.8) is 0 Å². The SMILES string of the molecule is COc1ccc([C@H]2C(C)=Nc3ccccc3N=C2NC(=O)CN2CCOCC2)cc1. The number of hydrogen-bond donors (Lipinski definition) is 1. The largest absolute Gasteiger partial charge is 0.497 e. The van der Waals surface area contributed by atoms with Crippen LogP contribution < -0.4 is 10.1 Å². The Morgan fingerprint density at radius 3 is 2.43 bits per heavy atom. The number of ether oxygens (including phenoxy) is 2. The number of nitrogens with one attached hydrogen (secondary N) is 1. The summed E-state index contributed by atoms with van der Waals surface area (Å²) >= 11 is 0. The molecule has 1 amide bonds. The molecule has 1 atom stereocenters. The molecule has 0 saturated carbocycles. The fourth-order valence-electron chi connectivity index (χ4n) is 3.74. The molecule has 1 N–H and O–H groups in total. The number of aliphatic imine (C=N–C) groups is 2. The van der Waals surface area contributed by atoms with E-state index in [1.165, 1.54) is 0 Å². The summed E-state index contributed by atoms with van der Waals surface area (Å²) in [7, 11) is 1.64. The minimum atomic E-state index is -0.253. The van der Waals surface area contributed by atoms with E-state index in [1.54, 1.807) is 7.11 Å². The molecule has 7 nitrogen and oxygen atoms in total. The number of hydrogen-bond acceptors (Lipinski definition) is 6. The number of amides is 1. The zero-order chi connectivity index (χ0) is 20.9. The lowest BCUT2D eigenvalue weighted by Crippen LogP contribution is -2.46. The first-order valence-corrected chi connectivity index (χ1v) is 10.1. The molecule has 0 bridgehead atoms. The monoisotopic (exact) mass is 406 g/mol. The summed E-state index contributed by atoms with van der Waals surface area (Å²) in [6, 6.07) is 15.5. The van der Waals surface area contributed by atoms with Crippen molar-refractivity contribution in [2.24, 2.45) is 9.98 Å². The van der Waals surface area contributed by atoms with Crippen molar-refractivity contribution >= 4 is 28.8 Å². The van der Waals surface area contributed by atoms with Crippen molar-refractivity contribution in [3.8, 4) is 5.75 Å². The standard InChI is InChI=1S/C23H26N4O3/c1-16-22(17-7-9-18(29-2)10-8-17)23(25-20-6-4-3-5-19(20)24-16)26-21(28)15-27-11-13-30-14-12-27/h3-10,22H,11-15H2,1-2H3,(H,25,26,28)/t22-/m1/s1. The molecule has 156 valence electrons. The van der Waals surface area contributed by atoms with Crippen LogP contribution in [-0.2, 0) is 9.53 Å². The van der Waals surface area contributed by atoms with Gasteiger partial charge in [0.25, 0.3) is 0 Å². The second kappa shape index (κ2) is 9.19. The number of fused-ring (bicyclic) bond motifs is 1. The third-order valence-electron chi connectivity index (χ3n) is 5.30. The molecule has 1 saturated heterocycles. The summed E-state index contributed by atoms with van der Waals surface area (Å²) in [5.74, 6) is 1.03. The number of benzene rings is 2. The molecule has 2 heterocycles. The molecule has 1 fully saturated rings. The van der Waals surface area contributed by atoms with Gasteiger partial charge in [0, 0.05) is 18.8 Å². The van der Waals surface area contributed by atoms with Crippen LogP contribution in [0, 0.1) is 0 Å². The topological polar surface area (TPSA) is 75.5 Å². The van der Waals surface area contributed by atoms with E-state index < -0.39 is 0 Å². The molecule has 2 aromatic rings. The first-order valence-electron chi connectivity index (χ1n) is 10.1. The van der Waals surface area contributed by atoms with Gasteiger partial charge in [0.1, 0.15) is 11.6 Å².